The number of hydrogen-bond acceptors (Lipinski definition) is 5. The largest absolute Gasteiger partial charge is 0.295 e. The zero-order valence-corrected chi connectivity index (χ0v) is 13.9. The monoisotopic (exact) mass is 339 g/mol. The number of aliphatic imine (C=N–C) groups is 1. The second kappa shape index (κ2) is 6.00. The van der Waals surface area contributed by atoms with Crippen LogP contribution in [0.25, 0.3) is 0 Å². The molecular weight excluding hydrogens is 322 g/mol. The van der Waals surface area contributed by atoms with Gasteiger partial charge in [0.2, 0.25) is 0 Å². The molecular formula is C18H18ClN5. The first-order valence-electron chi connectivity index (χ1n) is 8.04. The normalized spacial score (nSPS) is 18.4. The number of halogens is 1. The fourth-order valence-electron chi connectivity index (χ4n) is 3.23. The lowest BCUT2D eigenvalue weighted by molar-refractivity contribution is 0.312. The van der Waals surface area contributed by atoms with Crippen LogP contribution in [0.3, 0.4) is 0 Å². The van der Waals surface area contributed by atoms with Gasteiger partial charge in [0.05, 0.1) is 17.9 Å². The second-order valence-electron chi connectivity index (χ2n) is 6.21. The van der Waals surface area contributed by atoms with Gasteiger partial charge in [0.15, 0.2) is 5.84 Å². The van der Waals surface area contributed by atoms with Crippen LogP contribution in [0.5, 0.6) is 0 Å². The lowest BCUT2D eigenvalue weighted by Crippen LogP contribution is -2.63. The minimum absolute atomic E-state index is 0.313. The molecule has 0 radical (unpaired) electrons. The van der Waals surface area contributed by atoms with Crippen LogP contribution in [0.15, 0.2) is 63.8 Å². The third-order valence-electron chi connectivity index (χ3n) is 4.73. The Balaban J connectivity index is 1.63. The lowest BCUT2D eigenvalue weighted by Gasteiger charge is -2.49. The van der Waals surface area contributed by atoms with Gasteiger partial charge < -0.3 is 0 Å². The Morgan fingerprint density at radius 3 is 2.75 bits per heavy atom. The topological polar surface area (TPSA) is 66.3 Å². The minimum atomic E-state index is -0.313. The van der Waals surface area contributed by atoms with Crippen molar-refractivity contribution >= 4 is 28.8 Å². The molecule has 5 nitrogen and oxygen atoms in total. The number of para-hydroxylation sites is 2. The Labute approximate surface area is 145 Å². The van der Waals surface area contributed by atoms with Gasteiger partial charge in [-0.3, -0.25) is 5.01 Å². The highest BCUT2D eigenvalue weighted by molar-refractivity contribution is 6.30. The van der Waals surface area contributed by atoms with E-state index in [4.69, 9.17) is 22.4 Å². The number of benzene rings is 2. The van der Waals surface area contributed by atoms with Gasteiger partial charge in [0, 0.05) is 5.02 Å². The first-order valence-corrected chi connectivity index (χ1v) is 8.42. The molecule has 2 aliphatic rings. The van der Waals surface area contributed by atoms with Crippen molar-refractivity contribution in [1.82, 2.24) is 0 Å². The Bertz CT molecular complexity index is 826. The Morgan fingerprint density at radius 1 is 1.17 bits per heavy atom. The number of hydrogen-bond donors (Lipinski definition) is 1. The van der Waals surface area contributed by atoms with Crippen LogP contribution in [-0.4, -0.2) is 11.4 Å². The average molecular weight is 340 g/mol. The predicted molar refractivity (Wildman–Crippen MR) is 96.8 cm³/mol. The number of anilines is 1. The Kier molecular flexibility index (Phi) is 3.82. The Morgan fingerprint density at radius 2 is 2.00 bits per heavy atom. The van der Waals surface area contributed by atoms with Crippen molar-refractivity contribution in [3.63, 3.8) is 0 Å². The summed E-state index contributed by atoms with van der Waals surface area (Å²) < 4.78 is 0. The molecule has 1 spiro atoms. The number of nitrogens with zero attached hydrogens (tertiary/aromatic N) is 4. The van der Waals surface area contributed by atoms with Gasteiger partial charge >= 0.3 is 0 Å². The van der Waals surface area contributed by atoms with Crippen molar-refractivity contribution in [2.45, 2.75) is 31.3 Å². The van der Waals surface area contributed by atoms with Gasteiger partial charge in [0.25, 0.3) is 0 Å². The van der Waals surface area contributed by atoms with Gasteiger partial charge in [-0.2, -0.15) is 5.11 Å². The standard InChI is InChI=1S/C18H18ClN5/c19-14-6-3-5-13(11-14)12-21-23-17-18(9-4-10-18)24(20)16-8-2-1-7-15(16)22-17/h1-3,5-8,11H,4,9-10,12,20H2. The molecule has 1 aliphatic heterocycles. The molecule has 6 heteroatoms. The summed E-state index contributed by atoms with van der Waals surface area (Å²) in [5, 5.41) is 11.3. The maximum absolute atomic E-state index is 6.41. The third-order valence-corrected chi connectivity index (χ3v) is 4.97. The lowest BCUT2D eigenvalue weighted by atomic mass is 9.74. The molecule has 0 aromatic heterocycles. The fraction of sp³-hybridized carbons (Fsp3) is 0.278. The first-order chi connectivity index (χ1) is 11.7. The van der Waals surface area contributed by atoms with Gasteiger partial charge in [-0.15, -0.1) is 5.11 Å². The predicted octanol–water partition coefficient (Wildman–Crippen LogP) is 4.64. The summed E-state index contributed by atoms with van der Waals surface area (Å²) in [6, 6.07) is 15.5. The number of hydrazine groups is 1. The molecule has 0 bridgehead atoms. The SMILES string of the molecule is NN1c2ccccc2N=C(N=NCc2cccc(Cl)c2)C12CCC2. The summed E-state index contributed by atoms with van der Waals surface area (Å²) in [4.78, 5) is 4.73. The number of nitrogens with two attached hydrogens (primary N) is 1. The van der Waals surface area contributed by atoms with Crippen LogP contribution in [0.1, 0.15) is 24.8 Å². The van der Waals surface area contributed by atoms with Gasteiger partial charge in [0.1, 0.15) is 5.54 Å². The molecule has 0 atom stereocenters. The van der Waals surface area contributed by atoms with Gasteiger partial charge in [-0.25, -0.2) is 10.8 Å². The maximum atomic E-state index is 6.41. The van der Waals surface area contributed by atoms with Crippen molar-refractivity contribution in [2.75, 3.05) is 5.01 Å². The highest BCUT2D eigenvalue weighted by Gasteiger charge is 2.49. The summed E-state index contributed by atoms with van der Waals surface area (Å²) in [5.74, 6) is 7.12. The molecule has 2 aromatic rings. The van der Waals surface area contributed by atoms with E-state index in [1.165, 1.54) is 0 Å². The van der Waals surface area contributed by atoms with E-state index in [2.05, 4.69) is 10.2 Å². The van der Waals surface area contributed by atoms with E-state index in [0.29, 0.717) is 17.4 Å². The molecule has 0 amide bonds. The number of fused-ring (bicyclic) bond motifs is 1. The molecule has 24 heavy (non-hydrogen) atoms. The highest BCUT2D eigenvalue weighted by atomic mass is 35.5. The van der Waals surface area contributed by atoms with E-state index in [1.54, 1.807) is 0 Å². The molecule has 1 aliphatic carbocycles. The molecule has 2 N–H and O–H groups in total. The molecule has 122 valence electrons. The van der Waals surface area contributed by atoms with Crippen LogP contribution in [0, 0.1) is 0 Å². The van der Waals surface area contributed by atoms with Crippen LogP contribution in [0.4, 0.5) is 11.4 Å². The summed E-state index contributed by atoms with van der Waals surface area (Å²) in [5.41, 5.74) is 2.50. The van der Waals surface area contributed by atoms with Crippen molar-refractivity contribution in [3.8, 4) is 0 Å². The van der Waals surface area contributed by atoms with Crippen LogP contribution >= 0.6 is 11.6 Å². The Hall–Kier alpha value is -2.24. The zero-order valence-electron chi connectivity index (χ0n) is 13.2. The third kappa shape index (κ3) is 2.50. The van der Waals surface area contributed by atoms with Gasteiger partial charge in [-0.05, 0) is 49.1 Å². The number of rotatable bonds is 2. The van der Waals surface area contributed by atoms with Crippen molar-refractivity contribution in [3.05, 3.63) is 59.1 Å². The van der Waals surface area contributed by atoms with E-state index in [0.717, 1.165) is 36.2 Å². The summed E-state index contributed by atoms with van der Waals surface area (Å²) in [6.45, 7) is 0.474. The van der Waals surface area contributed by atoms with Crippen LogP contribution in [0.2, 0.25) is 5.02 Å². The van der Waals surface area contributed by atoms with E-state index in [1.807, 2.05) is 53.5 Å². The fourth-order valence-corrected chi connectivity index (χ4v) is 3.44. The molecule has 1 saturated carbocycles. The maximum Gasteiger partial charge on any atom is 0.178 e. The van der Waals surface area contributed by atoms with E-state index in [-0.39, 0.29) is 5.54 Å². The summed E-state index contributed by atoms with van der Waals surface area (Å²) >= 11 is 6.01. The molecule has 1 fully saturated rings. The molecule has 0 saturated heterocycles. The van der Waals surface area contributed by atoms with E-state index >= 15 is 0 Å². The van der Waals surface area contributed by atoms with E-state index < -0.39 is 0 Å². The van der Waals surface area contributed by atoms with Crippen LogP contribution in [-0.2, 0) is 6.54 Å². The van der Waals surface area contributed by atoms with Gasteiger partial charge in [-0.1, -0.05) is 35.9 Å². The molecule has 0 unspecified atom stereocenters. The number of azo groups is 1. The summed E-state index contributed by atoms with van der Waals surface area (Å²) in [6.07, 6.45) is 3.03. The molecule has 2 aromatic carbocycles. The van der Waals surface area contributed by atoms with Crippen molar-refractivity contribution in [1.29, 1.82) is 0 Å². The minimum Gasteiger partial charge on any atom is -0.295 e. The number of amidine groups is 1. The van der Waals surface area contributed by atoms with Crippen LogP contribution < -0.4 is 10.9 Å². The second-order valence-corrected chi connectivity index (χ2v) is 6.65. The average Bonchev–Trinajstić information content (AvgIpc) is 2.54. The van der Waals surface area contributed by atoms with E-state index in [9.17, 15) is 0 Å². The molecule has 1 heterocycles. The molecule has 4 rings (SSSR count). The van der Waals surface area contributed by atoms with Crippen molar-refractivity contribution in [2.24, 2.45) is 21.1 Å². The quantitative estimate of drug-likeness (QED) is 0.639. The highest BCUT2D eigenvalue weighted by Crippen LogP contribution is 2.46. The first kappa shape index (κ1) is 15.3. The van der Waals surface area contributed by atoms with Crippen molar-refractivity contribution < 1.29 is 0 Å². The smallest absolute Gasteiger partial charge is 0.178 e. The summed E-state index contributed by atoms with van der Waals surface area (Å²) in [7, 11) is 0. The zero-order chi connectivity index (χ0) is 16.6.